The van der Waals surface area contributed by atoms with Crippen LogP contribution in [0.3, 0.4) is 0 Å². The summed E-state index contributed by atoms with van der Waals surface area (Å²) in [6, 6.07) is 5.44. The molecule has 2 rings (SSSR count). The second-order valence-electron chi connectivity index (χ2n) is 4.49. The Hall–Kier alpha value is -2.28. The monoisotopic (exact) mass is 307 g/mol. The van der Waals surface area contributed by atoms with Crippen LogP contribution in [-0.4, -0.2) is 36.9 Å². The zero-order valence-electron chi connectivity index (χ0n) is 11.9. The van der Waals surface area contributed by atoms with Crippen molar-refractivity contribution < 1.29 is 14.3 Å². The molecule has 7 heteroatoms. The van der Waals surface area contributed by atoms with Gasteiger partial charge in [0, 0.05) is 16.6 Å². The van der Waals surface area contributed by atoms with Gasteiger partial charge >= 0.3 is 0 Å². The lowest BCUT2D eigenvalue weighted by molar-refractivity contribution is -0.118. The van der Waals surface area contributed by atoms with Crippen molar-refractivity contribution >= 4 is 38.9 Å². The average Bonchev–Trinajstić information content (AvgIpc) is 2.80. The number of primary amides is 1. The third-order valence-electron chi connectivity index (χ3n) is 3.15. The van der Waals surface area contributed by atoms with Crippen molar-refractivity contribution in [1.29, 1.82) is 0 Å². The summed E-state index contributed by atoms with van der Waals surface area (Å²) in [5.41, 5.74) is 11.6. The van der Waals surface area contributed by atoms with Crippen LogP contribution in [0.2, 0.25) is 0 Å². The Morgan fingerprint density at radius 3 is 2.67 bits per heavy atom. The lowest BCUT2D eigenvalue weighted by atomic mass is 10.2. The molecular weight excluding hydrogens is 290 g/mol. The number of rotatable bonds is 5. The van der Waals surface area contributed by atoms with Crippen LogP contribution in [0, 0.1) is 0 Å². The van der Waals surface area contributed by atoms with Gasteiger partial charge in [0.1, 0.15) is 10.6 Å². The predicted octanol–water partition coefficient (Wildman–Crippen LogP) is 1.44. The molecule has 21 heavy (non-hydrogen) atoms. The molecule has 112 valence electrons. The van der Waals surface area contributed by atoms with Crippen LogP contribution in [0.5, 0.6) is 5.75 Å². The number of ether oxygens (including phenoxy) is 1. The third kappa shape index (κ3) is 2.92. The third-order valence-corrected chi connectivity index (χ3v) is 4.30. The summed E-state index contributed by atoms with van der Waals surface area (Å²) in [7, 11) is 1.58. The molecule has 0 fully saturated rings. The van der Waals surface area contributed by atoms with E-state index in [4.69, 9.17) is 16.2 Å². The number of anilines is 1. The quantitative estimate of drug-likeness (QED) is 0.873. The van der Waals surface area contributed by atoms with Crippen LogP contribution < -0.4 is 16.2 Å². The summed E-state index contributed by atoms with van der Waals surface area (Å²) < 4.78 is 6.03. The van der Waals surface area contributed by atoms with E-state index in [1.54, 1.807) is 20.1 Å². The molecule has 0 unspecified atom stereocenters. The van der Waals surface area contributed by atoms with Crippen LogP contribution >= 0.6 is 11.3 Å². The van der Waals surface area contributed by atoms with E-state index in [1.807, 2.05) is 12.1 Å². The molecule has 6 nitrogen and oxygen atoms in total. The molecule has 2 amide bonds. The molecule has 1 aromatic heterocycles. The first-order chi connectivity index (χ1) is 9.97. The molecule has 0 aliphatic carbocycles. The number of likely N-dealkylation sites (N-methyl/N-ethyl adjacent to an activating group) is 1. The van der Waals surface area contributed by atoms with Gasteiger partial charge in [-0.25, -0.2) is 0 Å². The van der Waals surface area contributed by atoms with E-state index in [9.17, 15) is 9.59 Å². The van der Waals surface area contributed by atoms with Crippen molar-refractivity contribution in [2.75, 3.05) is 25.9 Å². The van der Waals surface area contributed by atoms with Crippen LogP contribution in [0.1, 0.15) is 16.6 Å². The number of nitrogen functional groups attached to an aromatic ring is 1. The number of hydrogen-bond donors (Lipinski definition) is 2. The second-order valence-corrected chi connectivity index (χ2v) is 5.54. The zero-order chi connectivity index (χ0) is 15.6. The Labute approximate surface area is 126 Å². The Balaban J connectivity index is 2.43. The fraction of sp³-hybridized carbons (Fsp3) is 0.286. The van der Waals surface area contributed by atoms with Crippen LogP contribution in [0.25, 0.3) is 10.1 Å². The summed E-state index contributed by atoms with van der Waals surface area (Å²) in [6.07, 6.45) is 0. The van der Waals surface area contributed by atoms with Gasteiger partial charge in [-0.05, 0) is 25.1 Å². The minimum Gasteiger partial charge on any atom is -0.497 e. The molecule has 0 aliphatic rings. The van der Waals surface area contributed by atoms with E-state index < -0.39 is 5.91 Å². The normalized spacial score (nSPS) is 10.6. The Morgan fingerprint density at radius 1 is 1.38 bits per heavy atom. The summed E-state index contributed by atoms with van der Waals surface area (Å²) in [5.74, 6) is -0.132. The van der Waals surface area contributed by atoms with E-state index >= 15 is 0 Å². The topological polar surface area (TPSA) is 98.6 Å². The van der Waals surface area contributed by atoms with E-state index in [2.05, 4.69) is 0 Å². The first-order valence-corrected chi connectivity index (χ1v) is 7.23. The number of carbonyl (C=O) groups excluding carboxylic acids is 2. The highest BCUT2D eigenvalue weighted by Crippen LogP contribution is 2.36. The van der Waals surface area contributed by atoms with E-state index in [1.165, 1.54) is 16.2 Å². The highest BCUT2D eigenvalue weighted by atomic mass is 32.1. The Bertz CT molecular complexity index is 696. The fourth-order valence-corrected chi connectivity index (χ4v) is 3.16. The number of carbonyl (C=O) groups is 2. The first kappa shape index (κ1) is 15.1. The number of fused-ring (bicyclic) bond motifs is 1. The summed E-state index contributed by atoms with van der Waals surface area (Å²) >= 11 is 1.28. The Kier molecular flexibility index (Phi) is 4.32. The van der Waals surface area contributed by atoms with Crippen LogP contribution in [0.4, 0.5) is 5.69 Å². The summed E-state index contributed by atoms with van der Waals surface area (Å²) in [4.78, 5) is 25.3. The molecule has 0 radical (unpaired) electrons. The van der Waals surface area contributed by atoms with Crippen molar-refractivity contribution in [3.05, 3.63) is 23.1 Å². The highest BCUT2D eigenvalue weighted by molar-refractivity contribution is 7.21. The number of hydrogen-bond acceptors (Lipinski definition) is 5. The number of methoxy groups -OCH3 is 1. The maximum absolute atomic E-state index is 12.5. The SMILES string of the molecule is CCN(CC(N)=O)C(=O)c1sc2cc(OC)ccc2c1N. The molecule has 0 atom stereocenters. The van der Waals surface area contributed by atoms with Crippen molar-refractivity contribution in [2.45, 2.75) is 6.92 Å². The first-order valence-electron chi connectivity index (χ1n) is 6.41. The minimum atomic E-state index is -0.549. The van der Waals surface area contributed by atoms with Crippen LogP contribution in [-0.2, 0) is 4.79 Å². The number of thiophene rings is 1. The molecular formula is C14H17N3O3S. The molecule has 0 saturated carbocycles. The Morgan fingerprint density at radius 2 is 2.10 bits per heavy atom. The minimum absolute atomic E-state index is 0.119. The zero-order valence-corrected chi connectivity index (χ0v) is 12.7. The summed E-state index contributed by atoms with van der Waals surface area (Å²) in [6.45, 7) is 2.05. The van der Waals surface area contributed by atoms with Gasteiger partial charge in [-0.3, -0.25) is 9.59 Å². The largest absolute Gasteiger partial charge is 0.497 e. The van der Waals surface area contributed by atoms with Gasteiger partial charge in [0.05, 0.1) is 19.3 Å². The van der Waals surface area contributed by atoms with Gasteiger partial charge in [0.25, 0.3) is 5.91 Å². The van der Waals surface area contributed by atoms with Crippen LogP contribution in [0.15, 0.2) is 18.2 Å². The maximum Gasteiger partial charge on any atom is 0.266 e. The van der Waals surface area contributed by atoms with Gasteiger partial charge in [-0.15, -0.1) is 11.3 Å². The van der Waals surface area contributed by atoms with E-state index in [0.29, 0.717) is 22.9 Å². The lowest BCUT2D eigenvalue weighted by Crippen LogP contribution is -2.38. The number of nitrogens with zero attached hydrogens (tertiary/aromatic N) is 1. The maximum atomic E-state index is 12.5. The smallest absolute Gasteiger partial charge is 0.266 e. The number of amides is 2. The van der Waals surface area contributed by atoms with E-state index in [-0.39, 0.29) is 12.5 Å². The van der Waals surface area contributed by atoms with Crippen molar-refractivity contribution in [3.63, 3.8) is 0 Å². The lowest BCUT2D eigenvalue weighted by Gasteiger charge is -2.18. The standard InChI is InChI=1S/C14H17N3O3S/c1-3-17(7-11(15)18)14(19)13-12(16)9-5-4-8(20-2)6-10(9)21-13/h4-6H,3,7,16H2,1-2H3,(H2,15,18). The molecule has 1 aromatic carbocycles. The van der Waals surface area contributed by atoms with Crippen molar-refractivity contribution in [2.24, 2.45) is 5.73 Å². The molecule has 0 saturated heterocycles. The van der Waals surface area contributed by atoms with Gasteiger partial charge in [0.15, 0.2) is 0 Å². The molecule has 4 N–H and O–H groups in total. The molecule has 0 spiro atoms. The fourth-order valence-electron chi connectivity index (χ4n) is 2.04. The molecule has 0 aliphatic heterocycles. The molecule has 0 bridgehead atoms. The second kappa shape index (κ2) is 6.01. The van der Waals surface area contributed by atoms with Crippen molar-refractivity contribution in [3.8, 4) is 5.75 Å². The molecule has 2 aromatic rings. The van der Waals surface area contributed by atoms with Gasteiger partial charge in [-0.2, -0.15) is 0 Å². The van der Waals surface area contributed by atoms with Gasteiger partial charge in [0.2, 0.25) is 5.91 Å². The number of benzene rings is 1. The average molecular weight is 307 g/mol. The van der Waals surface area contributed by atoms with Crippen molar-refractivity contribution in [1.82, 2.24) is 4.90 Å². The highest BCUT2D eigenvalue weighted by Gasteiger charge is 2.22. The van der Waals surface area contributed by atoms with Gasteiger partial charge < -0.3 is 21.1 Å². The van der Waals surface area contributed by atoms with E-state index in [0.717, 1.165) is 10.1 Å². The predicted molar refractivity (Wildman–Crippen MR) is 83.6 cm³/mol. The van der Waals surface area contributed by atoms with Gasteiger partial charge in [-0.1, -0.05) is 0 Å². The summed E-state index contributed by atoms with van der Waals surface area (Å²) in [5, 5.41) is 0.805. The molecule has 1 heterocycles. The number of nitrogens with two attached hydrogens (primary N) is 2.